The normalized spacial score (nSPS) is 33.8. The van der Waals surface area contributed by atoms with E-state index in [2.05, 4.69) is 32.1 Å². The van der Waals surface area contributed by atoms with Gasteiger partial charge in [-0.2, -0.15) is 0 Å². The van der Waals surface area contributed by atoms with Crippen LogP contribution in [-0.4, -0.2) is 0 Å². The van der Waals surface area contributed by atoms with Crippen molar-refractivity contribution in [3.8, 4) is 0 Å². The van der Waals surface area contributed by atoms with Crippen LogP contribution in [-0.2, 0) is 0 Å². The van der Waals surface area contributed by atoms with Crippen molar-refractivity contribution < 1.29 is 0 Å². The predicted molar refractivity (Wildman–Crippen MR) is 52.9 cm³/mol. The van der Waals surface area contributed by atoms with E-state index >= 15 is 0 Å². The van der Waals surface area contributed by atoms with Crippen molar-refractivity contribution in [2.45, 2.75) is 33.1 Å². The molecule has 0 aromatic heterocycles. The van der Waals surface area contributed by atoms with E-state index in [1.165, 1.54) is 19.3 Å². The smallest absolute Gasteiger partial charge is 0.0162 e. The Kier molecular flexibility index (Phi) is 2.08. The van der Waals surface area contributed by atoms with Crippen LogP contribution in [0, 0.1) is 17.8 Å². The summed E-state index contributed by atoms with van der Waals surface area (Å²) in [6.45, 7) is 4.62. The van der Waals surface area contributed by atoms with Crippen molar-refractivity contribution >= 4 is 0 Å². The number of hydrogen-bond acceptors (Lipinski definition) is 0. The molecule has 2 aliphatic rings. The minimum absolute atomic E-state index is 0.764. The van der Waals surface area contributed by atoms with Gasteiger partial charge in [0.2, 0.25) is 0 Å². The Morgan fingerprint density at radius 1 is 1.33 bits per heavy atom. The van der Waals surface area contributed by atoms with Gasteiger partial charge < -0.3 is 0 Å². The SMILES string of the molecule is CC(C)C1=CC[C@H]2CC=C[C@H]2C1. The van der Waals surface area contributed by atoms with Gasteiger partial charge in [-0.1, -0.05) is 37.6 Å². The monoisotopic (exact) mass is 162 g/mol. The molecule has 0 amide bonds. The second kappa shape index (κ2) is 3.08. The van der Waals surface area contributed by atoms with E-state index in [0.717, 1.165) is 17.8 Å². The first-order valence-corrected chi connectivity index (χ1v) is 5.13. The predicted octanol–water partition coefficient (Wildman–Crippen LogP) is 3.55. The zero-order valence-electron chi connectivity index (χ0n) is 8.09. The maximum Gasteiger partial charge on any atom is -0.0162 e. The van der Waals surface area contributed by atoms with Crippen LogP contribution in [0.25, 0.3) is 0 Å². The molecule has 0 saturated carbocycles. The van der Waals surface area contributed by atoms with Gasteiger partial charge in [-0.15, -0.1) is 0 Å². The van der Waals surface area contributed by atoms with E-state index in [1.807, 2.05) is 0 Å². The van der Waals surface area contributed by atoms with Gasteiger partial charge in [-0.25, -0.2) is 0 Å². The summed E-state index contributed by atoms with van der Waals surface area (Å²) in [6.07, 6.45) is 11.3. The second-order valence-corrected chi connectivity index (χ2v) is 4.46. The number of fused-ring (bicyclic) bond motifs is 1. The molecular formula is C12H18. The van der Waals surface area contributed by atoms with E-state index in [9.17, 15) is 0 Å². The average Bonchev–Trinajstić information content (AvgIpc) is 2.49. The highest BCUT2D eigenvalue weighted by atomic mass is 14.3. The zero-order valence-corrected chi connectivity index (χ0v) is 8.09. The number of allylic oxidation sites excluding steroid dienone is 4. The molecule has 0 unspecified atom stereocenters. The summed E-state index contributed by atoms with van der Waals surface area (Å²) in [5.74, 6) is 2.60. The highest BCUT2D eigenvalue weighted by Gasteiger charge is 2.26. The zero-order chi connectivity index (χ0) is 8.55. The van der Waals surface area contributed by atoms with Gasteiger partial charge >= 0.3 is 0 Å². The van der Waals surface area contributed by atoms with Gasteiger partial charge in [0.1, 0.15) is 0 Å². The molecule has 66 valence electrons. The fourth-order valence-electron chi connectivity index (χ4n) is 2.40. The Hall–Kier alpha value is -0.520. The third kappa shape index (κ3) is 1.35. The molecule has 0 bridgehead atoms. The van der Waals surface area contributed by atoms with E-state index in [1.54, 1.807) is 5.57 Å². The van der Waals surface area contributed by atoms with Crippen molar-refractivity contribution in [2.24, 2.45) is 17.8 Å². The molecule has 2 atom stereocenters. The highest BCUT2D eigenvalue weighted by molar-refractivity contribution is 5.17. The summed E-state index contributed by atoms with van der Waals surface area (Å²) in [5.41, 5.74) is 1.68. The van der Waals surface area contributed by atoms with Crippen LogP contribution in [0.5, 0.6) is 0 Å². The molecule has 0 aromatic carbocycles. The lowest BCUT2D eigenvalue weighted by Crippen LogP contribution is -2.15. The average molecular weight is 162 g/mol. The van der Waals surface area contributed by atoms with E-state index in [0.29, 0.717) is 0 Å². The van der Waals surface area contributed by atoms with Crippen molar-refractivity contribution in [3.63, 3.8) is 0 Å². The molecule has 0 saturated heterocycles. The molecule has 0 nitrogen and oxygen atoms in total. The van der Waals surface area contributed by atoms with Gasteiger partial charge in [-0.05, 0) is 37.0 Å². The lowest BCUT2D eigenvalue weighted by Gasteiger charge is -2.26. The first kappa shape index (κ1) is 8.10. The van der Waals surface area contributed by atoms with Gasteiger partial charge in [0.25, 0.3) is 0 Å². The third-order valence-electron chi connectivity index (χ3n) is 3.32. The van der Waals surface area contributed by atoms with Crippen LogP contribution in [0.2, 0.25) is 0 Å². The summed E-state index contributed by atoms with van der Waals surface area (Å²) < 4.78 is 0. The molecule has 0 spiro atoms. The van der Waals surface area contributed by atoms with Crippen LogP contribution in [0.4, 0.5) is 0 Å². The van der Waals surface area contributed by atoms with E-state index in [4.69, 9.17) is 0 Å². The van der Waals surface area contributed by atoms with Gasteiger partial charge in [0.05, 0.1) is 0 Å². The Balaban J connectivity index is 2.08. The molecule has 2 aliphatic carbocycles. The van der Waals surface area contributed by atoms with Crippen LogP contribution in [0.3, 0.4) is 0 Å². The second-order valence-electron chi connectivity index (χ2n) is 4.46. The molecule has 0 heteroatoms. The molecular weight excluding hydrogens is 144 g/mol. The minimum atomic E-state index is 0.764. The van der Waals surface area contributed by atoms with Crippen LogP contribution in [0.15, 0.2) is 23.8 Å². The molecule has 0 radical (unpaired) electrons. The quantitative estimate of drug-likeness (QED) is 0.517. The van der Waals surface area contributed by atoms with Crippen molar-refractivity contribution in [2.75, 3.05) is 0 Å². The molecule has 2 rings (SSSR count). The van der Waals surface area contributed by atoms with E-state index in [-0.39, 0.29) is 0 Å². The first-order valence-electron chi connectivity index (χ1n) is 5.13. The fourth-order valence-corrected chi connectivity index (χ4v) is 2.40. The van der Waals surface area contributed by atoms with E-state index < -0.39 is 0 Å². The topological polar surface area (TPSA) is 0 Å². The Morgan fingerprint density at radius 3 is 2.92 bits per heavy atom. The fraction of sp³-hybridized carbons (Fsp3) is 0.667. The molecule has 12 heavy (non-hydrogen) atoms. The van der Waals surface area contributed by atoms with Crippen molar-refractivity contribution in [3.05, 3.63) is 23.8 Å². The maximum atomic E-state index is 2.48. The molecule has 0 N–H and O–H groups in total. The maximum absolute atomic E-state index is 2.48. The van der Waals surface area contributed by atoms with Crippen LogP contribution >= 0.6 is 0 Å². The standard InChI is InChI=1S/C12H18/c1-9(2)11-7-6-10-4-3-5-12(10)8-11/h3,5,7,9-10,12H,4,6,8H2,1-2H3/t10-,12+/m1/s1. The Morgan fingerprint density at radius 2 is 2.17 bits per heavy atom. The van der Waals surface area contributed by atoms with Crippen molar-refractivity contribution in [1.29, 1.82) is 0 Å². The Labute approximate surface area is 75.4 Å². The van der Waals surface area contributed by atoms with Gasteiger partial charge in [0.15, 0.2) is 0 Å². The largest absolute Gasteiger partial charge is 0.0879 e. The molecule has 0 aliphatic heterocycles. The first-order chi connectivity index (χ1) is 5.77. The highest BCUT2D eigenvalue weighted by Crippen LogP contribution is 2.39. The number of hydrogen-bond donors (Lipinski definition) is 0. The summed E-state index contributed by atoms with van der Waals surface area (Å²) in [4.78, 5) is 0. The minimum Gasteiger partial charge on any atom is -0.0879 e. The van der Waals surface area contributed by atoms with Crippen molar-refractivity contribution in [1.82, 2.24) is 0 Å². The Bertz CT molecular complexity index is 220. The summed E-state index contributed by atoms with van der Waals surface area (Å²) in [7, 11) is 0. The summed E-state index contributed by atoms with van der Waals surface area (Å²) in [6, 6.07) is 0. The van der Waals surface area contributed by atoms with Crippen LogP contribution < -0.4 is 0 Å². The summed E-state index contributed by atoms with van der Waals surface area (Å²) in [5, 5.41) is 0. The van der Waals surface area contributed by atoms with Gasteiger partial charge in [-0.3, -0.25) is 0 Å². The molecule has 0 aromatic rings. The summed E-state index contributed by atoms with van der Waals surface area (Å²) >= 11 is 0. The third-order valence-corrected chi connectivity index (χ3v) is 3.32. The van der Waals surface area contributed by atoms with Gasteiger partial charge in [0, 0.05) is 0 Å². The molecule has 0 fully saturated rings. The lowest BCUT2D eigenvalue weighted by atomic mass is 9.79. The molecule has 0 heterocycles. The van der Waals surface area contributed by atoms with Crippen LogP contribution in [0.1, 0.15) is 33.1 Å². The number of rotatable bonds is 1. The lowest BCUT2D eigenvalue weighted by molar-refractivity contribution is 0.390.